The van der Waals surface area contributed by atoms with Crippen LogP contribution in [0.3, 0.4) is 0 Å². The maximum atomic E-state index is 12.6. The maximum absolute atomic E-state index is 12.6. The Morgan fingerprint density at radius 3 is 2.32 bits per heavy atom. The predicted molar refractivity (Wildman–Crippen MR) is 69.7 cm³/mol. The fourth-order valence-corrected chi connectivity index (χ4v) is 1.97. The van der Waals surface area contributed by atoms with Gasteiger partial charge in [-0.25, -0.2) is 8.78 Å². The number of halogens is 2. The molecular formula is C13H18BF2NO2. The standard InChI is InChI=1S/C13H18BF2NO2/c1-12(2)13(3,4)19-14(18-12)10-8-17-6-5-9(10)7-11(15)16/h5-6,8,11H,7H2,1-4H3. The van der Waals surface area contributed by atoms with Gasteiger partial charge in [-0.1, -0.05) is 0 Å². The van der Waals surface area contributed by atoms with Crippen molar-refractivity contribution >= 4 is 12.6 Å². The highest BCUT2D eigenvalue weighted by Gasteiger charge is 2.52. The molecule has 1 aliphatic heterocycles. The first kappa shape index (κ1) is 14.4. The van der Waals surface area contributed by atoms with Crippen molar-refractivity contribution in [2.24, 2.45) is 0 Å². The van der Waals surface area contributed by atoms with E-state index in [2.05, 4.69) is 4.98 Å². The molecular weight excluding hydrogens is 251 g/mol. The Balaban J connectivity index is 2.29. The zero-order chi connectivity index (χ0) is 14.3. The first-order valence-corrected chi connectivity index (χ1v) is 6.29. The second-order valence-corrected chi connectivity index (χ2v) is 5.76. The van der Waals surface area contributed by atoms with Crippen LogP contribution in [0.15, 0.2) is 18.5 Å². The molecule has 2 rings (SSSR count). The zero-order valence-electron chi connectivity index (χ0n) is 11.6. The fraction of sp³-hybridized carbons (Fsp3) is 0.615. The summed E-state index contributed by atoms with van der Waals surface area (Å²) in [5, 5.41) is 0. The summed E-state index contributed by atoms with van der Waals surface area (Å²) in [7, 11) is -0.646. The summed E-state index contributed by atoms with van der Waals surface area (Å²) < 4.78 is 36.9. The molecule has 3 nitrogen and oxygen atoms in total. The molecule has 1 aliphatic rings. The Morgan fingerprint density at radius 1 is 1.21 bits per heavy atom. The average molecular weight is 269 g/mol. The number of aromatic nitrogens is 1. The van der Waals surface area contributed by atoms with Gasteiger partial charge in [0.2, 0.25) is 6.43 Å². The number of hydrogen-bond acceptors (Lipinski definition) is 3. The molecule has 0 bridgehead atoms. The molecule has 104 valence electrons. The van der Waals surface area contributed by atoms with Crippen LogP contribution in [0.4, 0.5) is 8.78 Å². The Morgan fingerprint density at radius 2 is 1.79 bits per heavy atom. The van der Waals surface area contributed by atoms with Gasteiger partial charge in [-0.2, -0.15) is 0 Å². The van der Waals surface area contributed by atoms with Crippen molar-refractivity contribution in [2.75, 3.05) is 0 Å². The lowest BCUT2D eigenvalue weighted by atomic mass is 9.76. The van der Waals surface area contributed by atoms with E-state index in [0.717, 1.165) is 0 Å². The fourth-order valence-electron chi connectivity index (χ4n) is 1.97. The zero-order valence-corrected chi connectivity index (χ0v) is 11.6. The second kappa shape index (κ2) is 4.83. The molecule has 0 spiro atoms. The Bertz CT molecular complexity index is 450. The van der Waals surface area contributed by atoms with Gasteiger partial charge in [0.05, 0.1) is 11.2 Å². The summed E-state index contributed by atoms with van der Waals surface area (Å²) in [6.45, 7) is 7.71. The van der Waals surface area contributed by atoms with Crippen LogP contribution in [-0.2, 0) is 15.7 Å². The summed E-state index contributed by atoms with van der Waals surface area (Å²) in [6.07, 6.45) is 0.331. The SMILES string of the molecule is CC1(C)OB(c2cnccc2CC(F)F)OC1(C)C. The van der Waals surface area contributed by atoms with Crippen LogP contribution in [0.1, 0.15) is 33.3 Å². The number of hydrogen-bond donors (Lipinski definition) is 0. The van der Waals surface area contributed by atoms with Crippen LogP contribution in [0.2, 0.25) is 0 Å². The van der Waals surface area contributed by atoms with E-state index < -0.39 is 24.7 Å². The van der Waals surface area contributed by atoms with Crippen molar-refractivity contribution < 1.29 is 18.1 Å². The van der Waals surface area contributed by atoms with E-state index in [-0.39, 0.29) is 6.42 Å². The molecule has 0 radical (unpaired) electrons. The van der Waals surface area contributed by atoms with Crippen molar-refractivity contribution in [1.29, 1.82) is 0 Å². The van der Waals surface area contributed by atoms with Crippen molar-refractivity contribution in [3.63, 3.8) is 0 Å². The minimum atomic E-state index is -2.40. The van der Waals surface area contributed by atoms with Gasteiger partial charge in [0.15, 0.2) is 0 Å². The third-order valence-electron chi connectivity index (χ3n) is 3.83. The molecule has 1 aromatic heterocycles. The number of alkyl halides is 2. The highest BCUT2D eigenvalue weighted by atomic mass is 19.3. The van der Waals surface area contributed by atoms with Crippen LogP contribution in [0.25, 0.3) is 0 Å². The highest BCUT2D eigenvalue weighted by Crippen LogP contribution is 2.36. The van der Waals surface area contributed by atoms with E-state index in [1.807, 2.05) is 27.7 Å². The van der Waals surface area contributed by atoms with Crippen LogP contribution in [-0.4, -0.2) is 29.7 Å². The third kappa shape index (κ3) is 2.79. The second-order valence-electron chi connectivity index (χ2n) is 5.76. The van der Waals surface area contributed by atoms with Crippen molar-refractivity contribution in [3.8, 4) is 0 Å². The number of rotatable bonds is 3. The Labute approximate surface area is 112 Å². The van der Waals surface area contributed by atoms with Crippen LogP contribution in [0, 0.1) is 0 Å². The molecule has 0 atom stereocenters. The minimum Gasteiger partial charge on any atom is -0.399 e. The van der Waals surface area contributed by atoms with E-state index in [1.165, 1.54) is 6.20 Å². The molecule has 0 saturated carbocycles. The summed E-state index contributed by atoms with van der Waals surface area (Å²) in [6, 6.07) is 1.59. The summed E-state index contributed by atoms with van der Waals surface area (Å²) in [4.78, 5) is 3.99. The van der Waals surface area contributed by atoms with Crippen LogP contribution < -0.4 is 5.46 Å². The molecule has 0 aliphatic carbocycles. The predicted octanol–water partition coefficient (Wildman–Crippen LogP) is 2.19. The van der Waals surface area contributed by atoms with E-state index >= 15 is 0 Å². The van der Waals surface area contributed by atoms with Crippen LogP contribution in [0.5, 0.6) is 0 Å². The van der Waals surface area contributed by atoms with Gasteiger partial charge in [0, 0.05) is 24.3 Å². The van der Waals surface area contributed by atoms with Gasteiger partial charge < -0.3 is 9.31 Å². The summed E-state index contributed by atoms with van der Waals surface area (Å²) in [5.74, 6) is 0. The Hall–Kier alpha value is -1.01. The first-order chi connectivity index (χ1) is 8.73. The molecule has 1 aromatic rings. The van der Waals surface area contributed by atoms with Gasteiger partial charge >= 0.3 is 7.12 Å². The lowest BCUT2D eigenvalue weighted by Crippen LogP contribution is -2.41. The highest BCUT2D eigenvalue weighted by molar-refractivity contribution is 6.62. The van der Waals surface area contributed by atoms with Crippen molar-refractivity contribution in [2.45, 2.75) is 51.7 Å². The van der Waals surface area contributed by atoms with Gasteiger partial charge in [-0.15, -0.1) is 0 Å². The third-order valence-corrected chi connectivity index (χ3v) is 3.83. The molecule has 0 amide bonds. The van der Waals surface area contributed by atoms with E-state index in [4.69, 9.17) is 9.31 Å². The van der Waals surface area contributed by atoms with Gasteiger partial charge in [0.1, 0.15) is 0 Å². The monoisotopic (exact) mass is 269 g/mol. The molecule has 6 heteroatoms. The van der Waals surface area contributed by atoms with Gasteiger partial charge in [0.25, 0.3) is 0 Å². The average Bonchev–Trinajstić information content (AvgIpc) is 2.48. The molecule has 1 fully saturated rings. The van der Waals surface area contributed by atoms with Crippen LogP contribution >= 0.6 is 0 Å². The number of pyridine rings is 1. The normalized spacial score (nSPS) is 21.1. The van der Waals surface area contributed by atoms with E-state index in [9.17, 15) is 8.78 Å². The van der Waals surface area contributed by atoms with E-state index in [0.29, 0.717) is 11.0 Å². The molecule has 1 saturated heterocycles. The largest absolute Gasteiger partial charge is 0.496 e. The van der Waals surface area contributed by atoms with E-state index in [1.54, 1.807) is 12.3 Å². The van der Waals surface area contributed by atoms with Gasteiger partial charge in [-0.05, 0) is 39.3 Å². The number of nitrogens with zero attached hydrogens (tertiary/aromatic N) is 1. The molecule has 0 unspecified atom stereocenters. The maximum Gasteiger partial charge on any atom is 0.496 e. The molecule has 0 aromatic carbocycles. The lowest BCUT2D eigenvalue weighted by Gasteiger charge is -2.32. The minimum absolute atomic E-state index is 0.318. The lowest BCUT2D eigenvalue weighted by molar-refractivity contribution is 0.00578. The van der Waals surface area contributed by atoms with Crippen molar-refractivity contribution in [1.82, 2.24) is 4.98 Å². The Kier molecular flexibility index (Phi) is 3.66. The molecule has 0 N–H and O–H groups in total. The molecule has 2 heterocycles. The van der Waals surface area contributed by atoms with Gasteiger partial charge in [-0.3, -0.25) is 4.98 Å². The quantitative estimate of drug-likeness (QED) is 0.788. The first-order valence-electron chi connectivity index (χ1n) is 6.29. The molecule has 19 heavy (non-hydrogen) atoms. The smallest absolute Gasteiger partial charge is 0.399 e. The topological polar surface area (TPSA) is 31.4 Å². The summed E-state index contributed by atoms with van der Waals surface area (Å²) in [5.41, 5.74) is 0.121. The summed E-state index contributed by atoms with van der Waals surface area (Å²) >= 11 is 0. The van der Waals surface area contributed by atoms with Crippen molar-refractivity contribution in [3.05, 3.63) is 24.0 Å².